The Morgan fingerprint density at radius 2 is 2.07 bits per heavy atom. The van der Waals surface area contributed by atoms with Crippen molar-refractivity contribution in [3.05, 3.63) is 29.8 Å². The number of urea groups is 1. The summed E-state index contributed by atoms with van der Waals surface area (Å²) in [5, 5.41) is 6.78. The standard InChI is InChI=1S/C20H33N5O2.HI/c1-3-14-27-18-7-5-6-16(15-18)8-11-23-20(22-4-2)24-17-9-12-25(13-10-17)19(21)26;/h5-7,15,17H,3-4,8-14H2,1-2H3,(H2,21,26)(H2,22,23,24);1H. The van der Waals surface area contributed by atoms with Crippen LogP contribution in [-0.4, -0.2) is 55.7 Å². The van der Waals surface area contributed by atoms with Gasteiger partial charge in [-0.2, -0.15) is 0 Å². The summed E-state index contributed by atoms with van der Waals surface area (Å²) in [6.07, 6.45) is 3.62. The number of rotatable bonds is 8. The minimum atomic E-state index is -0.334. The van der Waals surface area contributed by atoms with Gasteiger partial charge in [-0.05, 0) is 50.3 Å². The number of hydrogen-bond donors (Lipinski definition) is 3. The van der Waals surface area contributed by atoms with Gasteiger partial charge in [0.15, 0.2) is 5.96 Å². The van der Waals surface area contributed by atoms with Crippen molar-refractivity contribution in [1.29, 1.82) is 0 Å². The number of primary amides is 1. The third kappa shape index (κ3) is 8.53. The predicted octanol–water partition coefficient (Wildman–Crippen LogP) is 2.73. The van der Waals surface area contributed by atoms with Crippen LogP contribution in [0, 0.1) is 0 Å². The number of ether oxygens (including phenoxy) is 1. The third-order valence-corrected chi connectivity index (χ3v) is 4.53. The van der Waals surface area contributed by atoms with E-state index in [0.29, 0.717) is 25.7 Å². The summed E-state index contributed by atoms with van der Waals surface area (Å²) in [6.45, 7) is 7.80. The quantitative estimate of drug-likeness (QED) is 0.289. The first-order valence-electron chi connectivity index (χ1n) is 9.93. The molecule has 1 aliphatic heterocycles. The fraction of sp³-hybridized carbons (Fsp3) is 0.600. The van der Waals surface area contributed by atoms with Crippen LogP contribution in [-0.2, 0) is 6.42 Å². The van der Waals surface area contributed by atoms with Crippen LogP contribution in [0.3, 0.4) is 0 Å². The van der Waals surface area contributed by atoms with Gasteiger partial charge in [-0.3, -0.25) is 4.99 Å². The molecule has 0 radical (unpaired) electrons. The molecule has 0 saturated carbocycles. The van der Waals surface area contributed by atoms with E-state index in [1.54, 1.807) is 4.90 Å². The summed E-state index contributed by atoms with van der Waals surface area (Å²) in [7, 11) is 0. The molecule has 158 valence electrons. The number of carbonyl (C=O) groups is 1. The Kier molecular flexibility index (Phi) is 11.7. The Morgan fingerprint density at radius 1 is 1.32 bits per heavy atom. The Bertz CT molecular complexity index is 618. The van der Waals surface area contributed by atoms with E-state index in [4.69, 9.17) is 15.5 Å². The van der Waals surface area contributed by atoms with Crippen LogP contribution >= 0.6 is 24.0 Å². The molecule has 4 N–H and O–H groups in total. The largest absolute Gasteiger partial charge is 0.494 e. The minimum absolute atomic E-state index is 0. The number of guanidine groups is 1. The lowest BCUT2D eigenvalue weighted by Crippen LogP contribution is -2.50. The van der Waals surface area contributed by atoms with E-state index >= 15 is 0 Å². The molecule has 0 unspecified atom stereocenters. The van der Waals surface area contributed by atoms with E-state index in [2.05, 4.69) is 36.6 Å². The van der Waals surface area contributed by atoms with Gasteiger partial charge in [0.05, 0.1) is 6.61 Å². The molecule has 0 aliphatic carbocycles. The zero-order valence-corrected chi connectivity index (χ0v) is 19.3. The van der Waals surface area contributed by atoms with Crippen LogP contribution in [0.25, 0.3) is 0 Å². The van der Waals surface area contributed by atoms with Gasteiger partial charge in [0, 0.05) is 32.2 Å². The van der Waals surface area contributed by atoms with Crippen LogP contribution in [0.5, 0.6) is 5.75 Å². The molecule has 0 spiro atoms. The molecule has 2 rings (SSSR count). The fourth-order valence-electron chi connectivity index (χ4n) is 3.07. The van der Waals surface area contributed by atoms with Crippen LogP contribution < -0.4 is 21.1 Å². The number of carbonyl (C=O) groups excluding carboxylic acids is 1. The van der Waals surface area contributed by atoms with E-state index in [1.807, 2.05) is 12.1 Å². The summed E-state index contributed by atoms with van der Waals surface area (Å²) in [5.41, 5.74) is 6.56. The van der Waals surface area contributed by atoms with Crippen LogP contribution in [0.2, 0.25) is 0 Å². The van der Waals surface area contributed by atoms with Crippen LogP contribution in [0.1, 0.15) is 38.7 Å². The summed E-state index contributed by atoms with van der Waals surface area (Å²) in [6, 6.07) is 8.19. The monoisotopic (exact) mass is 503 g/mol. The Morgan fingerprint density at radius 3 is 2.71 bits per heavy atom. The maximum absolute atomic E-state index is 11.2. The molecule has 0 bridgehead atoms. The molecule has 1 heterocycles. The van der Waals surface area contributed by atoms with E-state index in [-0.39, 0.29) is 30.0 Å². The van der Waals surface area contributed by atoms with Crippen molar-refractivity contribution in [2.24, 2.45) is 10.7 Å². The van der Waals surface area contributed by atoms with E-state index in [1.165, 1.54) is 5.56 Å². The maximum atomic E-state index is 11.2. The highest BCUT2D eigenvalue weighted by atomic mass is 127. The zero-order valence-electron chi connectivity index (χ0n) is 16.9. The number of piperidine rings is 1. The SMILES string of the molecule is CCCOc1cccc(CCN=C(NCC)NC2CCN(C(N)=O)CC2)c1.I. The van der Waals surface area contributed by atoms with Crippen molar-refractivity contribution < 1.29 is 9.53 Å². The van der Waals surface area contributed by atoms with Crippen LogP contribution in [0.15, 0.2) is 29.3 Å². The molecule has 28 heavy (non-hydrogen) atoms. The van der Waals surface area contributed by atoms with Gasteiger partial charge in [0.1, 0.15) is 5.75 Å². The number of benzene rings is 1. The van der Waals surface area contributed by atoms with Crippen LogP contribution in [0.4, 0.5) is 4.79 Å². The smallest absolute Gasteiger partial charge is 0.314 e. The Hall–Kier alpha value is -1.71. The van der Waals surface area contributed by atoms with E-state index < -0.39 is 0 Å². The molecule has 1 aliphatic rings. The summed E-state index contributed by atoms with van der Waals surface area (Å²) >= 11 is 0. The Balaban J connectivity index is 0.00000392. The molecule has 1 saturated heterocycles. The van der Waals surface area contributed by atoms with Gasteiger partial charge < -0.3 is 26.0 Å². The van der Waals surface area contributed by atoms with E-state index in [0.717, 1.165) is 50.5 Å². The number of hydrogen-bond acceptors (Lipinski definition) is 3. The predicted molar refractivity (Wildman–Crippen MR) is 125 cm³/mol. The van der Waals surface area contributed by atoms with Crippen molar-refractivity contribution in [2.75, 3.05) is 32.8 Å². The zero-order chi connectivity index (χ0) is 19.5. The lowest BCUT2D eigenvalue weighted by molar-refractivity contribution is 0.188. The fourth-order valence-corrected chi connectivity index (χ4v) is 3.07. The van der Waals surface area contributed by atoms with Crippen molar-refractivity contribution in [3.8, 4) is 5.75 Å². The number of nitrogens with one attached hydrogen (secondary N) is 2. The number of nitrogens with two attached hydrogens (primary N) is 1. The lowest BCUT2D eigenvalue weighted by atomic mass is 10.1. The average Bonchev–Trinajstić information content (AvgIpc) is 2.67. The first-order chi connectivity index (χ1) is 13.1. The second-order valence-corrected chi connectivity index (χ2v) is 6.75. The number of amides is 2. The average molecular weight is 503 g/mol. The number of likely N-dealkylation sites (tertiary alicyclic amines) is 1. The molecule has 1 fully saturated rings. The molecule has 0 atom stereocenters. The molecule has 0 aromatic heterocycles. The lowest BCUT2D eigenvalue weighted by Gasteiger charge is -2.32. The first kappa shape index (κ1) is 24.3. The first-order valence-corrected chi connectivity index (χ1v) is 9.93. The number of nitrogens with zero attached hydrogens (tertiary/aromatic N) is 2. The maximum Gasteiger partial charge on any atom is 0.314 e. The van der Waals surface area contributed by atoms with E-state index in [9.17, 15) is 4.79 Å². The second kappa shape index (κ2) is 13.5. The highest BCUT2D eigenvalue weighted by molar-refractivity contribution is 14.0. The van der Waals surface area contributed by atoms with Gasteiger partial charge in [0.2, 0.25) is 0 Å². The highest BCUT2D eigenvalue weighted by Gasteiger charge is 2.21. The van der Waals surface area contributed by atoms with Gasteiger partial charge in [-0.1, -0.05) is 19.1 Å². The second-order valence-electron chi connectivity index (χ2n) is 6.75. The summed E-state index contributed by atoms with van der Waals surface area (Å²) in [4.78, 5) is 17.6. The van der Waals surface area contributed by atoms with Crippen molar-refractivity contribution >= 4 is 36.0 Å². The third-order valence-electron chi connectivity index (χ3n) is 4.53. The van der Waals surface area contributed by atoms with Gasteiger partial charge in [0.25, 0.3) is 0 Å². The Labute approximate surface area is 185 Å². The number of aliphatic imine (C=N–C) groups is 1. The molecule has 1 aromatic rings. The van der Waals surface area contributed by atoms with Gasteiger partial charge in [-0.25, -0.2) is 4.79 Å². The molecular formula is C20H34IN5O2. The summed E-state index contributed by atoms with van der Waals surface area (Å²) in [5.74, 6) is 1.75. The van der Waals surface area contributed by atoms with Gasteiger partial charge in [-0.15, -0.1) is 24.0 Å². The molecule has 8 heteroatoms. The number of halogens is 1. The summed E-state index contributed by atoms with van der Waals surface area (Å²) < 4.78 is 5.69. The highest BCUT2D eigenvalue weighted by Crippen LogP contribution is 2.14. The van der Waals surface area contributed by atoms with Crippen molar-refractivity contribution in [2.45, 2.75) is 45.6 Å². The molecule has 2 amide bonds. The molecule has 1 aromatic carbocycles. The molecular weight excluding hydrogens is 469 g/mol. The normalized spacial score (nSPS) is 14.9. The van der Waals surface area contributed by atoms with Crippen molar-refractivity contribution in [1.82, 2.24) is 15.5 Å². The molecule has 7 nitrogen and oxygen atoms in total. The van der Waals surface area contributed by atoms with Crippen molar-refractivity contribution in [3.63, 3.8) is 0 Å². The minimum Gasteiger partial charge on any atom is -0.494 e. The van der Waals surface area contributed by atoms with Gasteiger partial charge >= 0.3 is 6.03 Å². The topological polar surface area (TPSA) is 92.0 Å².